The Hall–Kier alpha value is -1.99. The van der Waals surface area contributed by atoms with Gasteiger partial charge in [0.25, 0.3) is 0 Å². The van der Waals surface area contributed by atoms with Crippen LogP contribution in [0, 0.1) is 6.92 Å². The summed E-state index contributed by atoms with van der Waals surface area (Å²) in [6, 6.07) is 7.78. The number of benzene rings is 1. The number of thiophene rings is 1. The summed E-state index contributed by atoms with van der Waals surface area (Å²) >= 11 is 7.43. The van der Waals surface area contributed by atoms with E-state index in [9.17, 15) is 13.2 Å². The van der Waals surface area contributed by atoms with Gasteiger partial charge in [0.1, 0.15) is 11.5 Å². The average Bonchev–Trinajstić information content (AvgIpc) is 3.09. The first-order chi connectivity index (χ1) is 12.8. The van der Waals surface area contributed by atoms with Gasteiger partial charge >= 0.3 is 6.18 Å². The molecule has 3 nitrogen and oxygen atoms in total. The van der Waals surface area contributed by atoms with Crippen molar-refractivity contribution in [3.63, 3.8) is 0 Å². The third-order valence-corrected chi connectivity index (χ3v) is 5.84. The molecule has 27 heavy (non-hydrogen) atoms. The van der Waals surface area contributed by atoms with Crippen molar-refractivity contribution >= 4 is 28.8 Å². The summed E-state index contributed by atoms with van der Waals surface area (Å²) in [6.07, 6.45) is -1.81. The van der Waals surface area contributed by atoms with E-state index in [4.69, 9.17) is 11.6 Å². The first-order valence-electron chi connectivity index (χ1n) is 8.64. The van der Waals surface area contributed by atoms with Crippen LogP contribution in [0.4, 0.5) is 19.0 Å². The number of hydrogen-bond acceptors (Lipinski definition) is 3. The number of nitrogens with one attached hydrogen (secondary N) is 1. The first kappa shape index (κ1) is 18.4. The molecular weight excluding hydrogens is 395 g/mol. The van der Waals surface area contributed by atoms with Crippen LogP contribution < -0.4 is 5.32 Å². The zero-order valence-corrected chi connectivity index (χ0v) is 16.1. The van der Waals surface area contributed by atoms with Gasteiger partial charge in [-0.25, -0.2) is 4.68 Å². The molecule has 1 aliphatic heterocycles. The molecule has 1 aliphatic rings. The van der Waals surface area contributed by atoms with E-state index in [0.29, 0.717) is 12.4 Å². The van der Waals surface area contributed by atoms with E-state index in [1.807, 2.05) is 19.1 Å². The van der Waals surface area contributed by atoms with Crippen LogP contribution in [-0.4, -0.2) is 16.3 Å². The van der Waals surface area contributed by atoms with Crippen molar-refractivity contribution in [2.75, 3.05) is 11.9 Å². The minimum atomic E-state index is -4.52. The highest BCUT2D eigenvalue weighted by atomic mass is 35.5. The largest absolute Gasteiger partial charge is 0.418 e. The molecule has 0 bridgehead atoms. The summed E-state index contributed by atoms with van der Waals surface area (Å²) in [7, 11) is 0. The Kier molecular flexibility index (Phi) is 4.68. The third kappa shape index (κ3) is 3.46. The lowest BCUT2D eigenvalue weighted by atomic mass is 10.1. The molecule has 0 unspecified atom stereocenters. The number of nitrogens with zero attached hydrogens (tertiary/aromatic N) is 2. The molecule has 0 amide bonds. The van der Waals surface area contributed by atoms with Gasteiger partial charge in [-0.3, -0.25) is 0 Å². The predicted octanol–water partition coefficient (Wildman–Crippen LogP) is 6.33. The van der Waals surface area contributed by atoms with Crippen LogP contribution >= 0.6 is 22.9 Å². The highest BCUT2D eigenvalue weighted by Crippen LogP contribution is 2.40. The summed E-state index contributed by atoms with van der Waals surface area (Å²) in [5.41, 5.74) is 0.912. The zero-order valence-electron chi connectivity index (χ0n) is 14.5. The molecule has 8 heteroatoms. The fraction of sp³-hybridized carbons (Fsp3) is 0.316. The molecule has 1 N–H and O–H groups in total. The van der Waals surface area contributed by atoms with Crippen LogP contribution in [0.15, 0.2) is 30.3 Å². The number of alkyl halides is 3. The van der Waals surface area contributed by atoms with Gasteiger partial charge in [-0.15, -0.1) is 11.3 Å². The second-order valence-corrected chi connectivity index (χ2v) is 8.27. The molecule has 1 aromatic carbocycles. The predicted molar refractivity (Wildman–Crippen MR) is 103 cm³/mol. The average molecular weight is 412 g/mol. The highest BCUT2D eigenvalue weighted by Gasteiger charge is 2.36. The monoisotopic (exact) mass is 411 g/mol. The SMILES string of the molecule is Cc1ccc(-c2nn(-c3ccc(Cl)cc3C(F)(F)F)c3c2CCCCN3)s1. The number of fused-ring (bicyclic) bond motifs is 1. The van der Waals surface area contributed by atoms with Gasteiger partial charge in [0.2, 0.25) is 0 Å². The number of aromatic nitrogens is 2. The smallest absolute Gasteiger partial charge is 0.370 e. The quantitative estimate of drug-likeness (QED) is 0.534. The van der Waals surface area contributed by atoms with E-state index >= 15 is 0 Å². The van der Waals surface area contributed by atoms with Crippen LogP contribution in [0.25, 0.3) is 16.3 Å². The van der Waals surface area contributed by atoms with E-state index in [1.54, 1.807) is 11.3 Å². The molecule has 0 spiro atoms. The summed E-state index contributed by atoms with van der Waals surface area (Å²) in [5, 5.41) is 7.95. The molecule has 0 aliphatic carbocycles. The van der Waals surface area contributed by atoms with Gasteiger partial charge in [0.05, 0.1) is 16.1 Å². The molecule has 3 aromatic rings. The minimum Gasteiger partial charge on any atom is -0.370 e. The Morgan fingerprint density at radius 2 is 2.00 bits per heavy atom. The van der Waals surface area contributed by atoms with E-state index in [1.165, 1.54) is 16.8 Å². The maximum atomic E-state index is 13.6. The second kappa shape index (κ2) is 6.87. The summed E-state index contributed by atoms with van der Waals surface area (Å²) in [6.45, 7) is 2.71. The van der Waals surface area contributed by atoms with E-state index in [0.717, 1.165) is 46.3 Å². The van der Waals surface area contributed by atoms with Crippen LogP contribution in [0.3, 0.4) is 0 Å². The van der Waals surface area contributed by atoms with Crippen molar-refractivity contribution < 1.29 is 13.2 Å². The van der Waals surface area contributed by atoms with Crippen LogP contribution in [0.1, 0.15) is 28.8 Å². The zero-order chi connectivity index (χ0) is 19.2. The number of halogens is 4. The van der Waals surface area contributed by atoms with Gasteiger partial charge in [-0.2, -0.15) is 18.3 Å². The highest BCUT2D eigenvalue weighted by molar-refractivity contribution is 7.15. The Balaban J connectivity index is 1.96. The van der Waals surface area contributed by atoms with Gasteiger partial charge in [0, 0.05) is 22.0 Å². The molecule has 0 atom stereocenters. The fourth-order valence-corrected chi connectivity index (χ4v) is 4.41. The number of hydrogen-bond donors (Lipinski definition) is 1. The van der Waals surface area contributed by atoms with Gasteiger partial charge < -0.3 is 5.32 Å². The maximum Gasteiger partial charge on any atom is 0.418 e. The first-order valence-corrected chi connectivity index (χ1v) is 9.84. The molecule has 3 heterocycles. The molecule has 142 valence electrons. The van der Waals surface area contributed by atoms with Crippen molar-refractivity contribution in [1.29, 1.82) is 0 Å². The molecule has 0 fully saturated rings. The van der Waals surface area contributed by atoms with Gasteiger partial charge in [0.15, 0.2) is 0 Å². The normalized spacial score (nSPS) is 14.6. The van der Waals surface area contributed by atoms with Crippen molar-refractivity contribution in [2.24, 2.45) is 0 Å². The van der Waals surface area contributed by atoms with Crippen LogP contribution in [-0.2, 0) is 12.6 Å². The third-order valence-electron chi connectivity index (χ3n) is 4.60. The molecule has 0 saturated carbocycles. The van der Waals surface area contributed by atoms with Crippen molar-refractivity contribution in [3.8, 4) is 16.3 Å². The Morgan fingerprint density at radius 3 is 2.70 bits per heavy atom. The van der Waals surface area contributed by atoms with Crippen molar-refractivity contribution in [3.05, 3.63) is 51.4 Å². The lowest BCUT2D eigenvalue weighted by Gasteiger charge is -2.16. The van der Waals surface area contributed by atoms with Crippen molar-refractivity contribution in [2.45, 2.75) is 32.4 Å². The van der Waals surface area contributed by atoms with Crippen molar-refractivity contribution in [1.82, 2.24) is 9.78 Å². The van der Waals surface area contributed by atoms with Crippen LogP contribution in [0.5, 0.6) is 0 Å². The lowest BCUT2D eigenvalue weighted by molar-refractivity contribution is -0.137. The topological polar surface area (TPSA) is 29.9 Å². The minimum absolute atomic E-state index is 0.0166. The molecular formula is C19H17ClF3N3S. The lowest BCUT2D eigenvalue weighted by Crippen LogP contribution is -2.14. The second-order valence-electron chi connectivity index (χ2n) is 6.54. The Morgan fingerprint density at radius 1 is 1.19 bits per heavy atom. The van der Waals surface area contributed by atoms with Gasteiger partial charge in [-0.05, 0) is 56.5 Å². The number of rotatable bonds is 2. The van der Waals surface area contributed by atoms with E-state index < -0.39 is 11.7 Å². The molecule has 0 saturated heterocycles. The Bertz CT molecular complexity index is 991. The maximum absolute atomic E-state index is 13.6. The standard InChI is InChI=1S/C19H17ClF3N3S/c1-11-5-8-16(27-11)17-13-4-2-3-9-24-18(13)26(25-17)15-7-6-12(20)10-14(15)19(21,22)23/h5-8,10,24H,2-4,9H2,1H3. The molecule has 0 radical (unpaired) electrons. The van der Waals surface area contributed by atoms with E-state index in [2.05, 4.69) is 10.4 Å². The van der Waals surface area contributed by atoms with E-state index in [-0.39, 0.29) is 10.7 Å². The van der Waals surface area contributed by atoms with Crippen LogP contribution in [0.2, 0.25) is 5.02 Å². The summed E-state index contributed by atoms with van der Waals surface area (Å²) < 4.78 is 42.3. The molecule has 2 aromatic heterocycles. The van der Waals surface area contributed by atoms with Gasteiger partial charge in [-0.1, -0.05) is 11.6 Å². The number of anilines is 1. The number of aryl methyl sites for hydroxylation is 1. The molecule has 4 rings (SSSR count). The summed E-state index contributed by atoms with van der Waals surface area (Å²) in [4.78, 5) is 2.10. The Labute approximate surface area is 163 Å². The fourth-order valence-electron chi connectivity index (χ4n) is 3.36. The summed E-state index contributed by atoms with van der Waals surface area (Å²) in [5.74, 6) is 0.640.